The van der Waals surface area contributed by atoms with Crippen molar-refractivity contribution in [3.8, 4) is 34.6 Å². The summed E-state index contributed by atoms with van der Waals surface area (Å²) in [6, 6.07) is 12.9. The molecule has 6 nitrogen and oxygen atoms in total. The number of methoxy groups -OCH3 is 3. The Balaban J connectivity index is 1.93. The summed E-state index contributed by atoms with van der Waals surface area (Å²) in [5.41, 5.74) is 2.89. The van der Waals surface area contributed by atoms with Crippen LogP contribution in [0.2, 0.25) is 0 Å². The molecule has 0 saturated carbocycles. The number of thiazole rings is 1. The van der Waals surface area contributed by atoms with E-state index in [0.717, 1.165) is 16.9 Å². The van der Waals surface area contributed by atoms with Crippen molar-refractivity contribution in [2.45, 2.75) is 25.7 Å². The van der Waals surface area contributed by atoms with Crippen molar-refractivity contribution in [1.29, 1.82) is 5.26 Å². The lowest BCUT2D eigenvalue weighted by molar-refractivity contribution is 0.0978. The highest BCUT2D eigenvalue weighted by atomic mass is 32.1. The summed E-state index contributed by atoms with van der Waals surface area (Å²) in [6.45, 7) is 4.06. The van der Waals surface area contributed by atoms with Gasteiger partial charge in [-0.15, -0.1) is 11.3 Å². The molecule has 160 valence electrons. The molecule has 3 aromatic rings. The Labute approximate surface area is 186 Å². The second-order valence-electron chi connectivity index (χ2n) is 7.18. The highest BCUT2D eigenvalue weighted by molar-refractivity contribution is 7.10. The van der Waals surface area contributed by atoms with Gasteiger partial charge in [-0.1, -0.05) is 13.8 Å². The summed E-state index contributed by atoms with van der Waals surface area (Å²) in [5, 5.41) is 12.0. The molecule has 0 fully saturated rings. The molecule has 0 spiro atoms. The number of hydrogen-bond donors (Lipinski definition) is 0. The lowest BCUT2D eigenvalue weighted by atomic mass is 9.94. The second-order valence-corrected chi connectivity index (χ2v) is 8.07. The van der Waals surface area contributed by atoms with Crippen LogP contribution >= 0.6 is 11.3 Å². The molecule has 0 radical (unpaired) electrons. The van der Waals surface area contributed by atoms with E-state index in [1.165, 1.54) is 11.3 Å². The van der Waals surface area contributed by atoms with Crippen LogP contribution in [0.1, 0.15) is 46.6 Å². The van der Waals surface area contributed by atoms with Crippen LogP contribution in [0.25, 0.3) is 11.3 Å². The Hall–Kier alpha value is -3.37. The van der Waals surface area contributed by atoms with E-state index < -0.39 is 5.92 Å². The molecule has 0 bridgehead atoms. The maximum Gasteiger partial charge on any atom is 0.186 e. The van der Waals surface area contributed by atoms with Crippen LogP contribution in [-0.4, -0.2) is 32.1 Å². The summed E-state index contributed by atoms with van der Waals surface area (Å²) in [6.07, 6.45) is 0. The van der Waals surface area contributed by atoms with Gasteiger partial charge in [0.2, 0.25) is 0 Å². The van der Waals surface area contributed by atoms with Gasteiger partial charge in [-0.3, -0.25) is 4.79 Å². The van der Waals surface area contributed by atoms with E-state index in [1.54, 1.807) is 45.6 Å². The fraction of sp³-hybridized carbons (Fsp3) is 0.292. The fourth-order valence-electron chi connectivity index (χ4n) is 3.28. The van der Waals surface area contributed by atoms with Crippen molar-refractivity contribution in [2.75, 3.05) is 21.3 Å². The molecule has 0 saturated heterocycles. The Morgan fingerprint density at radius 1 is 1.00 bits per heavy atom. The van der Waals surface area contributed by atoms with Gasteiger partial charge in [0.05, 0.1) is 33.1 Å². The summed E-state index contributed by atoms with van der Waals surface area (Å²) >= 11 is 1.29. The van der Waals surface area contributed by atoms with Gasteiger partial charge in [0.1, 0.15) is 10.8 Å². The molecule has 1 aromatic heterocycles. The van der Waals surface area contributed by atoms with Crippen LogP contribution in [0.5, 0.6) is 17.2 Å². The minimum Gasteiger partial charge on any atom is -0.496 e. The number of nitriles is 1. The van der Waals surface area contributed by atoms with E-state index in [4.69, 9.17) is 14.2 Å². The Kier molecular flexibility index (Phi) is 6.93. The number of ether oxygens (including phenoxy) is 3. The molecular weight excluding hydrogens is 412 g/mol. The monoisotopic (exact) mass is 436 g/mol. The molecule has 2 aromatic carbocycles. The molecule has 1 atom stereocenters. The number of nitrogens with zero attached hydrogens (tertiary/aromatic N) is 2. The summed E-state index contributed by atoms with van der Waals surface area (Å²) < 4.78 is 16.0. The minimum atomic E-state index is -0.979. The van der Waals surface area contributed by atoms with Gasteiger partial charge in [0.25, 0.3) is 0 Å². The SMILES string of the molecule is COc1ccc(-c2csc(C(C#N)C(=O)c3ccc(OC)c(C(C)C)c3)n2)cc1OC. The number of aromatic nitrogens is 1. The summed E-state index contributed by atoms with van der Waals surface area (Å²) in [5.74, 6) is 0.853. The number of Topliss-reactive ketones (excluding diaryl/α,β-unsaturated/α-hetero) is 1. The minimum absolute atomic E-state index is 0.180. The molecule has 0 aliphatic heterocycles. The van der Waals surface area contributed by atoms with E-state index >= 15 is 0 Å². The smallest absolute Gasteiger partial charge is 0.186 e. The van der Waals surface area contributed by atoms with Crippen LogP contribution in [0.15, 0.2) is 41.8 Å². The van der Waals surface area contributed by atoms with Crippen molar-refractivity contribution >= 4 is 17.1 Å². The lowest BCUT2D eigenvalue weighted by Gasteiger charge is -2.14. The van der Waals surface area contributed by atoms with Crippen LogP contribution in [0, 0.1) is 11.3 Å². The Bertz CT molecular complexity index is 1130. The first-order valence-corrected chi connectivity index (χ1v) is 10.6. The van der Waals surface area contributed by atoms with Gasteiger partial charge in [-0.05, 0) is 47.9 Å². The Morgan fingerprint density at radius 2 is 1.68 bits per heavy atom. The Morgan fingerprint density at radius 3 is 2.29 bits per heavy atom. The third-order valence-corrected chi connectivity index (χ3v) is 5.89. The van der Waals surface area contributed by atoms with Crippen LogP contribution in [0.4, 0.5) is 0 Å². The first-order chi connectivity index (χ1) is 14.9. The van der Waals surface area contributed by atoms with Crippen molar-refractivity contribution < 1.29 is 19.0 Å². The predicted molar refractivity (Wildman–Crippen MR) is 120 cm³/mol. The van der Waals surface area contributed by atoms with E-state index in [1.807, 2.05) is 31.4 Å². The van der Waals surface area contributed by atoms with E-state index in [0.29, 0.717) is 27.8 Å². The molecule has 3 rings (SSSR count). The van der Waals surface area contributed by atoms with Gasteiger partial charge in [-0.25, -0.2) is 4.98 Å². The van der Waals surface area contributed by atoms with Gasteiger partial charge in [0, 0.05) is 16.5 Å². The number of hydrogen-bond acceptors (Lipinski definition) is 7. The van der Waals surface area contributed by atoms with Gasteiger partial charge < -0.3 is 14.2 Å². The number of carbonyl (C=O) groups excluding carboxylic acids is 1. The maximum absolute atomic E-state index is 13.1. The number of benzene rings is 2. The summed E-state index contributed by atoms with van der Waals surface area (Å²) in [4.78, 5) is 17.7. The topological polar surface area (TPSA) is 81.4 Å². The maximum atomic E-state index is 13.1. The van der Waals surface area contributed by atoms with Crippen molar-refractivity contribution in [2.24, 2.45) is 0 Å². The quantitative estimate of drug-likeness (QED) is 0.437. The highest BCUT2D eigenvalue weighted by Crippen LogP contribution is 2.35. The average Bonchev–Trinajstić information content (AvgIpc) is 3.28. The van der Waals surface area contributed by atoms with Crippen molar-refractivity contribution in [3.05, 3.63) is 57.9 Å². The van der Waals surface area contributed by atoms with E-state index in [9.17, 15) is 10.1 Å². The second kappa shape index (κ2) is 9.63. The zero-order chi connectivity index (χ0) is 22.5. The third-order valence-electron chi connectivity index (χ3n) is 4.98. The average molecular weight is 437 g/mol. The summed E-state index contributed by atoms with van der Waals surface area (Å²) in [7, 11) is 4.75. The van der Waals surface area contributed by atoms with E-state index in [2.05, 4.69) is 11.1 Å². The number of ketones is 1. The molecule has 31 heavy (non-hydrogen) atoms. The van der Waals surface area contributed by atoms with Crippen LogP contribution in [0.3, 0.4) is 0 Å². The van der Waals surface area contributed by atoms with Crippen molar-refractivity contribution in [3.63, 3.8) is 0 Å². The van der Waals surface area contributed by atoms with Gasteiger partial charge in [-0.2, -0.15) is 5.26 Å². The number of carbonyl (C=O) groups is 1. The molecule has 0 amide bonds. The normalized spacial score (nSPS) is 11.6. The number of rotatable bonds is 8. The molecule has 1 heterocycles. The molecule has 0 aliphatic carbocycles. The van der Waals surface area contributed by atoms with E-state index in [-0.39, 0.29) is 11.7 Å². The first-order valence-electron chi connectivity index (χ1n) is 9.73. The predicted octanol–water partition coefficient (Wildman–Crippen LogP) is 5.45. The fourth-order valence-corrected chi connectivity index (χ4v) is 4.15. The lowest BCUT2D eigenvalue weighted by Crippen LogP contribution is -2.12. The van der Waals surface area contributed by atoms with Crippen molar-refractivity contribution in [1.82, 2.24) is 4.98 Å². The zero-order valence-electron chi connectivity index (χ0n) is 18.1. The molecule has 7 heteroatoms. The largest absolute Gasteiger partial charge is 0.496 e. The zero-order valence-corrected chi connectivity index (χ0v) is 18.9. The molecule has 1 unspecified atom stereocenters. The first kappa shape index (κ1) is 22.3. The standard InChI is InChI=1S/C24H24N2O4S/c1-14(2)17-10-16(7-8-20(17)28-3)23(27)18(12-25)24-26-19(13-31-24)15-6-9-21(29-4)22(11-15)30-5/h6-11,13-14,18H,1-5H3. The van der Waals surface area contributed by atoms with Crippen LogP contribution < -0.4 is 14.2 Å². The highest BCUT2D eigenvalue weighted by Gasteiger charge is 2.26. The van der Waals surface area contributed by atoms with Crippen LogP contribution in [-0.2, 0) is 0 Å². The third kappa shape index (κ3) is 4.54. The van der Waals surface area contributed by atoms with Gasteiger partial charge in [0.15, 0.2) is 23.2 Å². The molecule has 0 aliphatic rings. The molecule has 0 N–H and O–H groups in total. The van der Waals surface area contributed by atoms with Gasteiger partial charge >= 0.3 is 0 Å². The molecular formula is C24H24N2O4S.